The Labute approximate surface area is 118 Å². The summed E-state index contributed by atoms with van der Waals surface area (Å²) in [6.45, 7) is 1.94. The summed E-state index contributed by atoms with van der Waals surface area (Å²) >= 11 is 3.31. The molecule has 2 aromatic rings. The van der Waals surface area contributed by atoms with Crippen molar-refractivity contribution in [2.45, 2.75) is 13.0 Å². The molecule has 6 nitrogen and oxygen atoms in total. The van der Waals surface area contributed by atoms with Crippen molar-refractivity contribution in [3.05, 3.63) is 57.1 Å². The van der Waals surface area contributed by atoms with Gasteiger partial charge in [-0.2, -0.15) is 0 Å². The molecule has 98 valence electrons. The summed E-state index contributed by atoms with van der Waals surface area (Å²) in [6, 6.07) is 4.53. The Hall–Kier alpha value is -2.02. The summed E-state index contributed by atoms with van der Waals surface area (Å²) in [5.41, 5.74) is 1.61. The molecule has 1 aromatic carbocycles. The molecule has 1 heterocycles. The van der Waals surface area contributed by atoms with E-state index >= 15 is 0 Å². The first-order valence-electron chi connectivity index (χ1n) is 5.54. The molecule has 0 aliphatic carbocycles. The van der Waals surface area contributed by atoms with Crippen molar-refractivity contribution in [3.8, 4) is 0 Å². The monoisotopic (exact) mass is 322 g/mol. The minimum atomic E-state index is -0.430. The molecular formula is C12H11BrN4O2. The largest absolute Gasteiger partial charge is 0.376 e. The molecule has 0 spiro atoms. The van der Waals surface area contributed by atoms with E-state index < -0.39 is 4.92 Å². The van der Waals surface area contributed by atoms with Gasteiger partial charge >= 0.3 is 0 Å². The SMILES string of the molecule is CC(Nc1ccc([N+](=O)[O-])cc1Br)c1cnccn1. The molecule has 0 saturated carbocycles. The van der Waals surface area contributed by atoms with Gasteiger partial charge in [-0.15, -0.1) is 0 Å². The summed E-state index contributed by atoms with van der Waals surface area (Å²) < 4.78 is 0.637. The molecule has 0 amide bonds. The lowest BCUT2D eigenvalue weighted by Crippen LogP contribution is -2.09. The average molecular weight is 323 g/mol. The predicted molar refractivity (Wildman–Crippen MR) is 74.9 cm³/mol. The number of hydrogen-bond donors (Lipinski definition) is 1. The Morgan fingerprint density at radius 3 is 2.79 bits per heavy atom. The molecule has 0 aliphatic heterocycles. The number of nitro benzene ring substituents is 1. The van der Waals surface area contributed by atoms with Crippen LogP contribution in [0.1, 0.15) is 18.7 Å². The maximum atomic E-state index is 10.7. The topological polar surface area (TPSA) is 81.0 Å². The quantitative estimate of drug-likeness (QED) is 0.689. The summed E-state index contributed by atoms with van der Waals surface area (Å²) in [4.78, 5) is 18.4. The first kappa shape index (κ1) is 13.4. The summed E-state index contributed by atoms with van der Waals surface area (Å²) in [5, 5.41) is 13.9. The van der Waals surface area contributed by atoms with Crippen molar-refractivity contribution in [1.29, 1.82) is 0 Å². The minimum absolute atomic E-state index is 0.0459. The summed E-state index contributed by atoms with van der Waals surface area (Å²) in [6.07, 6.45) is 4.91. The van der Waals surface area contributed by atoms with E-state index in [4.69, 9.17) is 0 Å². The standard InChI is InChI=1S/C12H11BrN4O2/c1-8(12-7-14-4-5-15-12)16-11-3-2-9(17(18)19)6-10(11)13/h2-8,16H,1H3. The molecule has 19 heavy (non-hydrogen) atoms. The molecule has 1 aromatic heterocycles. The Morgan fingerprint density at radius 1 is 1.42 bits per heavy atom. The van der Waals surface area contributed by atoms with Crippen LogP contribution in [0, 0.1) is 10.1 Å². The molecule has 0 bridgehead atoms. The zero-order valence-corrected chi connectivity index (χ0v) is 11.7. The molecule has 0 aliphatic rings. The van der Waals surface area contributed by atoms with Gasteiger partial charge in [0.05, 0.1) is 22.9 Å². The maximum absolute atomic E-state index is 10.7. The fourth-order valence-electron chi connectivity index (χ4n) is 1.58. The number of rotatable bonds is 4. The van der Waals surface area contributed by atoms with Gasteiger partial charge < -0.3 is 5.32 Å². The molecule has 1 atom stereocenters. The van der Waals surface area contributed by atoms with Gasteiger partial charge in [-0.3, -0.25) is 20.1 Å². The van der Waals surface area contributed by atoms with E-state index in [0.717, 1.165) is 11.4 Å². The number of halogens is 1. The van der Waals surface area contributed by atoms with E-state index in [-0.39, 0.29) is 11.7 Å². The van der Waals surface area contributed by atoms with Gasteiger partial charge in [0.2, 0.25) is 0 Å². The van der Waals surface area contributed by atoms with Crippen LogP contribution in [0.5, 0.6) is 0 Å². The number of benzene rings is 1. The van der Waals surface area contributed by atoms with Crippen molar-refractivity contribution in [2.24, 2.45) is 0 Å². The maximum Gasteiger partial charge on any atom is 0.270 e. The summed E-state index contributed by atoms with van der Waals surface area (Å²) in [7, 11) is 0. The van der Waals surface area contributed by atoms with Crippen molar-refractivity contribution >= 4 is 27.3 Å². The molecule has 1 unspecified atom stereocenters. The van der Waals surface area contributed by atoms with Gasteiger partial charge in [0.25, 0.3) is 5.69 Å². The predicted octanol–water partition coefficient (Wildman–Crippen LogP) is 3.32. The lowest BCUT2D eigenvalue weighted by atomic mass is 10.2. The minimum Gasteiger partial charge on any atom is -0.376 e. The van der Waals surface area contributed by atoms with Crippen LogP contribution in [0.15, 0.2) is 41.3 Å². The van der Waals surface area contributed by atoms with Crippen LogP contribution in [-0.2, 0) is 0 Å². The van der Waals surface area contributed by atoms with Gasteiger partial charge in [0, 0.05) is 34.7 Å². The lowest BCUT2D eigenvalue weighted by Gasteiger charge is -2.15. The Morgan fingerprint density at radius 2 is 2.21 bits per heavy atom. The number of nitrogens with zero attached hydrogens (tertiary/aromatic N) is 3. The highest BCUT2D eigenvalue weighted by Gasteiger charge is 2.12. The highest BCUT2D eigenvalue weighted by Crippen LogP contribution is 2.29. The van der Waals surface area contributed by atoms with E-state index in [1.54, 1.807) is 24.7 Å². The Bertz CT molecular complexity index is 592. The molecule has 2 rings (SSSR count). The third kappa shape index (κ3) is 3.25. The first-order valence-corrected chi connectivity index (χ1v) is 6.33. The van der Waals surface area contributed by atoms with Crippen LogP contribution in [0.25, 0.3) is 0 Å². The van der Waals surface area contributed by atoms with Crippen LogP contribution >= 0.6 is 15.9 Å². The van der Waals surface area contributed by atoms with Gasteiger partial charge in [0.15, 0.2) is 0 Å². The first-order chi connectivity index (χ1) is 9.08. The van der Waals surface area contributed by atoms with Crippen LogP contribution in [-0.4, -0.2) is 14.9 Å². The second-order valence-electron chi connectivity index (χ2n) is 3.92. The zero-order valence-electron chi connectivity index (χ0n) is 10.1. The third-order valence-corrected chi connectivity index (χ3v) is 3.22. The number of nitro groups is 1. The van der Waals surface area contributed by atoms with Crippen molar-refractivity contribution in [3.63, 3.8) is 0 Å². The molecular weight excluding hydrogens is 312 g/mol. The number of hydrogen-bond acceptors (Lipinski definition) is 5. The van der Waals surface area contributed by atoms with E-state index in [9.17, 15) is 10.1 Å². The second kappa shape index (κ2) is 5.75. The molecule has 0 fully saturated rings. The highest BCUT2D eigenvalue weighted by molar-refractivity contribution is 9.10. The number of aromatic nitrogens is 2. The average Bonchev–Trinajstić information content (AvgIpc) is 2.41. The normalized spacial score (nSPS) is 11.9. The lowest BCUT2D eigenvalue weighted by molar-refractivity contribution is -0.384. The van der Waals surface area contributed by atoms with Crippen molar-refractivity contribution in [1.82, 2.24) is 9.97 Å². The summed E-state index contributed by atoms with van der Waals surface area (Å²) in [5.74, 6) is 0. The van der Waals surface area contributed by atoms with E-state index in [0.29, 0.717) is 4.47 Å². The smallest absolute Gasteiger partial charge is 0.270 e. The zero-order chi connectivity index (χ0) is 13.8. The fraction of sp³-hybridized carbons (Fsp3) is 0.167. The van der Waals surface area contributed by atoms with Gasteiger partial charge in [-0.05, 0) is 28.9 Å². The van der Waals surface area contributed by atoms with Crippen molar-refractivity contribution in [2.75, 3.05) is 5.32 Å². The Balaban J connectivity index is 2.18. The Kier molecular flexibility index (Phi) is 4.06. The number of nitrogens with one attached hydrogen (secondary N) is 1. The van der Waals surface area contributed by atoms with Gasteiger partial charge in [-0.25, -0.2) is 0 Å². The van der Waals surface area contributed by atoms with Crippen LogP contribution in [0.2, 0.25) is 0 Å². The fourth-order valence-corrected chi connectivity index (χ4v) is 2.06. The number of anilines is 1. The molecule has 0 saturated heterocycles. The van der Waals surface area contributed by atoms with E-state index in [2.05, 4.69) is 31.2 Å². The van der Waals surface area contributed by atoms with E-state index in [1.165, 1.54) is 12.1 Å². The van der Waals surface area contributed by atoms with Gasteiger partial charge in [-0.1, -0.05) is 0 Å². The highest BCUT2D eigenvalue weighted by atomic mass is 79.9. The van der Waals surface area contributed by atoms with Crippen LogP contribution in [0.3, 0.4) is 0 Å². The van der Waals surface area contributed by atoms with E-state index in [1.807, 2.05) is 6.92 Å². The van der Waals surface area contributed by atoms with Crippen molar-refractivity contribution < 1.29 is 4.92 Å². The number of non-ortho nitro benzene ring substituents is 1. The van der Waals surface area contributed by atoms with Gasteiger partial charge in [0.1, 0.15) is 0 Å². The molecule has 7 heteroatoms. The van der Waals surface area contributed by atoms with Crippen LogP contribution in [0.4, 0.5) is 11.4 Å². The second-order valence-corrected chi connectivity index (χ2v) is 4.77. The molecule has 0 radical (unpaired) electrons. The molecule has 1 N–H and O–H groups in total. The van der Waals surface area contributed by atoms with Crippen LogP contribution < -0.4 is 5.32 Å². The third-order valence-electron chi connectivity index (χ3n) is 2.56.